The highest BCUT2D eigenvalue weighted by Crippen LogP contribution is 1.98. The van der Waals surface area contributed by atoms with Crippen molar-refractivity contribution in [1.29, 1.82) is 0 Å². The van der Waals surface area contributed by atoms with Crippen LogP contribution in [-0.2, 0) is 0 Å². The summed E-state index contributed by atoms with van der Waals surface area (Å²) in [5.41, 5.74) is 0. The largest absolute Gasteiger partial charge is 0.395 e. The van der Waals surface area contributed by atoms with Crippen molar-refractivity contribution in [2.75, 3.05) is 119 Å². The van der Waals surface area contributed by atoms with E-state index < -0.39 is 0 Å². The van der Waals surface area contributed by atoms with Gasteiger partial charge in [0, 0.05) is 78.5 Å². The maximum Gasteiger partial charge on any atom is 0.0558 e. The van der Waals surface area contributed by atoms with Crippen molar-refractivity contribution in [3.05, 3.63) is 0 Å². The van der Waals surface area contributed by atoms with Crippen molar-refractivity contribution >= 4 is 0 Å². The first kappa shape index (κ1) is 28.6. The van der Waals surface area contributed by atoms with E-state index in [0.717, 1.165) is 65.3 Å². The topological polar surface area (TPSA) is 106 Å². The van der Waals surface area contributed by atoms with Crippen LogP contribution in [0, 0.1) is 0 Å². The molecule has 0 unspecified atom stereocenters. The standard InChI is InChI=1S/C20H47N5O4/c1-3-5-22(7-9-23(13-17-26)6-4-21-2)8-10-24(14-18-27)11-12-25(15-19-28)16-20-29/h21,26-29H,3-20H2,1-2H3. The summed E-state index contributed by atoms with van der Waals surface area (Å²) in [5.74, 6) is 0. The lowest BCUT2D eigenvalue weighted by molar-refractivity contribution is 0.120. The number of nitrogens with one attached hydrogen (secondary N) is 1. The van der Waals surface area contributed by atoms with Crippen LogP contribution < -0.4 is 5.32 Å². The molecule has 0 aromatic rings. The zero-order valence-electron chi connectivity index (χ0n) is 18.8. The Labute approximate surface area is 177 Å². The van der Waals surface area contributed by atoms with Crippen LogP contribution in [0.15, 0.2) is 0 Å². The Morgan fingerprint density at radius 3 is 1.10 bits per heavy atom. The van der Waals surface area contributed by atoms with E-state index in [0.29, 0.717) is 26.2 Å². The van der Waals surface area contributed by atoms with Gasteiger partial charge in [-0.3, -0.25) is 14.7 Å². The number of rotatable bonds is 22. The van der Waals surface area contributed by atoms with Crippen LogP contribution in [0.2, 0.25) is 0 Å². The third kappa shape index (κ3) is 16.1. The van der Waals surface area contributed by atoms with Crippen LogP contribution in [0.5, 0.6) is 0 Å². The molecule has 0 saturated carbocycles. The van der Waals surface area contributed by atoms with Gasteiger partial charge in [0.15, 0.2) is 0 Å². The van der Waals surface area contributed by atoms with Gasteiger partial charge < -0.3 is 30.6 Å². The quantitative estimate of drug-likeness (QED) is 0.133. The lowest BCUT2D eigenvalue weighted by Gasteiger charge is -2.31. The first-order valence-corrected chi connectivity index (χ1v) is 11.1. The predicted molar refractivity (Wildman–Crippen MR) is 118 cm³/mol. The maximum absolute atomic E-state index is 9.41. The second kappa shape index (κ2) is 20.9. The molecule has 29 heavy (non-hydrogen) atoms. The zero-order valence-corrected chi connectivity index (χ0v) is 18.8. The van der Waals surface area contributed by atoms with Crippen LogP contribution in [0.4, 0.5) is 0 Å². The summed E-state index contributed by atoms with van der Waals surface area (Å²) in [4.78, 5) is 9.03. The van der Waals surface area contributed by atoms with E-state index in [9.17, 15) is 10.2 Å². The van der Waals surface area contributed by atoms with E-state index in [1.807, 2.05) is 11.9 Å². The number of hydrogen-bond donors (Lipinski definition) is 5. The first-order valence-electron chi connectivity index (χ1n) is 11.1. The van der Waals surface area contributed by atoms with Crippen molar-refractivity contribution in [1.82, 2.24) is 24.9 Å². The summed E-state index contributed by atoms with van der Waals surface area (Å²) in [5, 5.41) is 40.2. The van der Waals surface area contributed by atoms with Gasteiger partial charge in [0.25, 0.3) is 0 Å². The van der Waals surface area contributed by atoms with Crippen LogP contribution in [0.3, 0.4) is 0 Å². The molecule has 0 heterocycles. The molecule has 5 N–H and O–H groups in total. The number of nitrogens with zero attached hydrogens (tertiary/aromatic N) is 4. The molecule has 0 aliphatic heterocycles. The molecule has 0 aliphatic rings. The van der Waals surface area contributed by atoms with Crippen molar-refractivity contribution in [3.8, 4) is 0 Å². The van der Waals surface area contributed by atoms with Gasteiger partial charge in [-0.05, 0) is 20.0 Å². The average Bonchev–Trinajstić information content (AvgIpc) is 2.71. The highest BCUT2D eigenvalue weighted by molar-refractivity contribution is 4.69. The fourth-order valence-electron chi connectivity index (χ4n) is 3.34. The molecule has 0 aromatic carbocycles. The van der Waals surface area contributed by atoms with Crippen LogP contribution >= 0.6 is 0 Å². The van der Waals surface area contributed by atoms with E-state index in [1.54, 1.807) is 0 Å². The van der Waals surface area contributed by atoms with Crippen molar-refractivity contribution in [2.24, 2.45) is 0 Å². The van der Waals surface area contributed by atoms with E-state index >= 15 is 0 Å². The SMILES string of the molecule is CCCN(CCN(CCO)CCNC)CCN(CCO)CCN(CCO)CCO. The summed E-state index contributed by atoms with van der Waals surface area (Å²) < 4.78 is 0. The number of aliphatic hydroxyl groups excluding tert-OH is 4. The Morgan fingerprint density at radius 1 is 0.483 bits per heavy atom. The van der Waals surface area contributed by atoms with Gasteiger partial charge in [-0.25, -0.2) is 0 Å². The normalized spacial score (nSPS) is 12.2. The lowest BCUT2D eigenvalue weighted by Crippen LogP contribution is -2.44. The lowest BCUT2D eigenvalue weighted by atomic mass is 10.3. The van der Waals surface area contributed by atoms with Gasteiger partial charge in [0.2, 0.25) is 0 Å². The molecule has 0 aromatic heterocycles. The highest BCUT2D eigenvalue weighted by Gasteiger charge is 2.12. The minimum atomic E-state index is 0.0855. The molecule has 0 rings (SSSR count). The van der Waals surface area contributed by atoms with Gasteiger partial charge in [0.1, 0.15) is 0 Å². The molecule has 0 atom stereocenters. The smallest absolute Gasteiger partial charge is 0.0558 e. The second-order valence-corrected chi connectivity index (χ2v) is 7.36. The van der Waals surface area contributed by atoms with Crippen molar-refractivity contribution in [2.45, 2.75) is 13.3 Å². The fourth-order valence-corrected chi connectivity index (χ4v) is 3.34. The van der Waals surface area contributed by atoms with Gasteiger partial charge in [-0.1, -0.05) is 6.92 Å². The molecule has 0 bridgehead atoms. The molecule has 0 fully saturated rings. The summed E-state index contributed by atoms with van der Waals surface area (Å²) in [6, 6.07) is 0. The number of hydrogen-bond acceptors (Lipinski definition) is 9. The van der Waals surface area contributed by atoms with E-state index in [4.69, 9.17) is 10.2 Å². The first-order chi connectivity index (χ1) is 14.1. The third-order valence-electron chi connectivity index (χ3n) is 5.08. The molecule has 0 saturated heterocycles. The zero-order chi connectivity index (χ0) is 21.7. The van der Waals surface area contributed by atoms with Gasteiger partial charge in [-0.2, -0.15) is 0 Å². The minimum absolute atomic E-state index is 0.0855. The van der Waals surface area contributed by atoms with Crippen LogP contribution in [0.1, 0.15) is 13.3 Å². The van der Waals surface area contributed by atoms with Crippen LogP contribution in [0.25, 0.3) is 0 Å². The molecule has 9 nitrogen and oxygen atoms in total. The van der Waals surface area contributed by atoms with Gasteiger partial charge >= 0.3 is 0 Å². The van der Waals surface area contributed by atoms with E-state index in [1.165, 1.54) is 0 Å². The molecule has 176 valence electrons. The Hall–Kier alpha value is -0.360. The number of likely N-dealkylation sites (N-methyl/N-ethyl adjacent to an activating group) is 1. The van der Waals surface area contributed by atoms with E-state index in [-0.39, 0.29) is 26.4 Å². The Bertz CT molecular complexity index is 336. The third-order valence-corrected chi connectivity index (χ3v) is 5.08. The predicted octanol–water partition coefficient (Wildman–Crippen LogP) is -2.21. The summed E-state index contributed by atoms with van der Waals surface area (Å²) in [6.45, 7) is 13.3. The Balaban J connectivity index is 4.51. The van der Waals surface area contributed by atoms with E-state index in [2.05, 4.69) is 26.9 Å². The molecular weight excluding hydrogens is 374 g/mol. The Morgan fingerprint density at radius 2 is 0.793 bits per heavy atom. The van der Waals surface area contributed by atoms with Crippen molar-refractivity contribution in [3.63, 3.8) is 0 Å². The molecule has 0 amide bonds. The molecule has 0 aliphatic carbocycles. The second-order valence-electron chi connectivity index (χ2n) is 7.36. The van der Waals surface area contributed by atoms with Crippen molar-refractivity contribution < 1.29 is 20.4 Å². The molecular formula is C20H47N5O4. The average molecular weight is 422 g/mol. The van der Waals surface area contributed by atoms with Gasteiger partial charge in [-0.15, -0.1) is 0 Å². The monoisotopic (exact) mass is 421 g/mol. The highest BCUT2D eigenvalue weighted by atomic mass is 16.3. The number of aliphatic hydroxyl groups is 4. The summed E-state index contributed by atoms with van der Waals surface area (Å²) in [6.07, 6.45) is 1.09. The molecule has 9 heteroatoms. The van der Waals surface area contributed by atoms with Gasteiger partial charge in [0.05, 0.1) is 26.4 Å². The maximum atomic E-state index is 9.41. The summed E-state index contributed by atoms with van der Waals surface area (Å²) in [7, 11) is 1.94. The molecule has 0 radical (unpaired) electrons. The van der Waals surface area contributed by atoms with Crippen LogP contribution in [-0.4, -0.2) is 159 Å². The summed E-state index contributed by atoms with van der Waals surface area (Å²) >= 11 is 0. The molecule has 0 spiro atoms. The fraction of sp³-hybridized carbons (Fsp3) is 1.00. The minimum Gasteiger partial charge on any atom is -0.395 e. The Kier molecular flexibility index (Phi) is 20.6.